The number of unbranched alkanes of at least 4 members (excludes halogenated alkanes) is 5. The maximum Gasteiger partial charge on any atom is 0.250 e. The molecule has 0 amide bonds. The summed E-state index contributed by atoms with van der Waals surface area (Å²) in [4.78, 5) is 10.4. The van der Waals surface area contributed by atoms with Crippen LogP contribution < -0.4 is 8.85 Å². The number of benzene rings is 1. The van der Waals surface area contributed by atoms with Gasteiger partial charge in [-0.15, -0.1) is 0 Å². The van der Waals surface area contributed by atoms with E-state index in [0.717, 1.165) is 43.5 Å². The van der Waals surface area contributed by atoms with Crippen LogP contribution in [0.1, 0.15) is 85.6 Å². The summed E-state index contributed by atoms with van der Waals surface area (Å²) in [6, 6.07) is 6.57. The first-order chi connectivity index (χ1) is 14.1. The largest absolute Gasteiger partial charge is 0.543 e. The van der Waals surface area contributed by atoms with E-state index in [4.69, 9.17) is 8.85 Å². The molecule has 0 aliphatic carbocycles. The lowest BCUT2D eigenvalue weighted by Crippen LogP contribution is -2.44. The summed E-state index contributed by atoms with van der Waals surface area (Å²) in [6.07, 6.45) is 8.47. The van der Waals surface area contributed by atoms with Crippen LogP contribution in [-0.2, 0) is 11.2 Å². The van der Waals surface area contributed by atoms with Gasteiger partial charge >= 0.3 is 0 Å². The molecule has 0 heterocycles. The number of hydrogen-bond donors (Lipinski definition) is 0. The maximum atomic E-state index is 10.4. The summed E-state index contributed by atoms with van der Waals surface area (Å²) in [6.45, 7) is 22.9. The molecule has 0 unspecified atom stereocenters. The number of aldehydes is 1. The van der Waals surface area contributed by atoms with E-state index in [1.165, 1.54) is 18.4 Å². The molecular formula is C26H48O3Si2. The van der Waals surface area contributed by atoms with E-state index < -0.39 is 16.6 Å². The second kappa shape index (κ2) is 11.2. The normalized spacial score (nSPS) is 13.2. The zero-order chi connectivity index (χ0) is 23.9. The quantitative estimate of drug-likeness (QED) is 0.176. The molecule has 0 aromatic heterocycles. The van der Waals surface area contributed by atoms with E-state index in [2.05, 4.69) is 85.9 Å². The van der Waals surface area contributed by atoms with E-state index >= 15 is 0 Å². The van der Waals surface area contributed by atoms with Crippen molar-refractivity contribution in [2.24, 2.45) is 0 Å². The Morgan fingerprint density at radius 3 is 1.55 bits per heavy atom. The molecule has 1 aromatic rings. The third-order valence-electron chi connectivity index (χ3n) is 7.09. The minimum atomic E-state index is -1.92. The molecule has 1 rings (SSSR count). The number of rotatable bonds is 12. The Balaban J connectivity index is 3.01. The van der Waals surface area contributed by atoms with Gasteiger partial charge in [-0.05, 0) is 73.2 Å². The highest BCUT2D eigenvalue weighted by molar-refractivity contribution is 6.75. The first kappa shape index (κ1) is 28.0. The number of carbonyl (C=O) groups is 1. The zero-order valence-corrected chi connectivity index (χ0v) is 24.0. The second-order valence-corrected chi connectivity index (χ2v) is 21.5. The van der Waals surface area contributed by atoms with Crippen LogP contribution in [0.3, 0.4) is 0 Å². The van der Waals surface area contributed by atoms with Crippen LogP contribution in [0, 0.1) is 0 Å². The van der Waals surface area contributed by atoms with E-state index in [1.807, 2.05) is 0 Å². The van der Waals surface area contributed by atoms with Crippen molar-refractivity contribution in [1.82, 2.24) is 0 Å². The molecule has 31 heavy (non-hydrogen) atoms. The Kier molecular flexibility index (Phi) is 10.1. The van der Waals surface area contributed by atoms with Crippen molar-refractivity contribution in [2.45, 2.75) is 123 Å². The molecule has 1 aromatic carbocycles. The molecule has 0 radical (unpaired) electrons. The Morgan fingerprint density at radius 2 is 1.13 bits per heavy atom. The molecule has 0 atom stereocenters. The summed E-state index contributed by atoms with van der Waals surface area (Å²) in [5.41, 5.74) is 1.30. The van der Waals surface area contributed by atoms with Crippen molar-refractivity contribution >= 4 is 22.9 Å². The van der Waals surface area contributed by atoms with Crippen molar-refractivity contribution in [3.05, 3.63) is 23.8 Å². The second-order valence-electron chi connectivity index (χ2n) is 12.0. The Labute approximate surface area is 194 Å². The highest BCUT2D eigenvalue weighted by Crippen LogP contribution is 2.41. The van der Waals surface area contributed by atoms with Gasteiger partial charge in [-0.1, -0.05) is 60.8 Å². The fourth-order valence-corrected chi connectivity index (χ4v) is 4.90. The molecule has 5 heteroatoms. The van der Waals surface area contributed by atoms with Crippen LogP contribution in [0.15, 0.2) is 18.2 Å². The van der Waals surface area contributed by atoms with Crippen LogP contribution in [0.4, 0.5) is 0 Å². The predicted molar refractivity (Wildman–Crippen MR) is 140 cm³/mol. The highest BCUT2D eigenvalue weighted by Gasteiger charge is 2.40. The van der Waals surface area contributed by atoms with Gasteiger partial charge in [-0.2, -0.15) is 0 Å². The molecule has 178 valence electrons. The minimum Gasteiger partial charge on any atom is -0.543 e. The van der Waals surface area contributed by atoms with Gasteiger partial charge in [-0.3, -0.25) is 0 Å². The van der Waals surface area contributed by atoms with Crippen molar-refractivity contribution in [3.8, 4) is 11.5 Å². The lowest BCUT2D eigenvalue weighted by Gasteiger charge is -2.38. The zero-order valence-electron chi connectivity index (χ0n) is 22.0. The van der Waals surface area contributed by atoms with Gasteiger partial charge in [0.05, 0.1) is 0 Å². The molecule has 0 spiro atoms. The molecule has 0 aliphatic rings. The summed E-state index contributed by atoms with van der Waals surface area (Å²) >= 11 is 0. The smallest absolute Gasteiger partial charge is 0.250 e. The van der Waals surface area contributed by atoms with E-state index in [-0.39, 0.29) is 10.1 Å². The topological polar surface area (TPSA) is 35.5 Å². The Hall–Kier alpha value is -1.08. The molecule has 0 N–H and O–H groups in total. The van der Waals surface area contributed by atoms with Crippen molar-refractivity contribution in [1.29, 1.82) is 0 Å². The summed E-state index contributed by atoms with van der Waals surface area (Å²) in [7, 11) is -3.83. The lowest BCUT2D eigenvalue weighted by molar-refractivity contribution is -0.107. The fraction of sp³-hybridized carbons (Fsp3) is 0.731. The van der Waals surface area contributed by atoms with Crippen molar-refractivity contribution in [3.63, 3.8) is 0 Å². The molecule has 0 bridgehead atoms. The number of carbonyl (C=O) groups excluding carboxylic acids is 1. The van der Waals surface area contributed by atoms with Crippen LogP contribution in [0.2, 0.25) is 36.3 Å². The molecule has 0 fully saturated rings. The first-order valence-corrected chi connectivity index (χ1v) is 17.9. The maximum absolute atomic E-state index is 10.4. The van der Waals surface area contributed by atoms with Gasteiger partial charge in [0.2, 0.25) is 16.6 Å². The van der Waals surface area contributed by atoms with E-state index in [0.29, 0.717) is 6.42 Å². The van der Waals surface area contributed by atoms with Gasteiger partial charge in [0.1, 0.15) is 17.8 Å². The van der Waals surface area contributed by atoms with Gasteiger partial charge in [-0.25, -0.2) is 0 Å². The van der Waals surface area contributed by atoms with Crippen LogP contribution in [0.5, 0.6) is 11.5 Å². The van der Waals surface area contributed by atoms with Crippen molar-refractivity contribution < 1.29 is 13.6 Å². The average Bonchev–Trinajstić information content (AvgIpc) is 2.58. The third-order valence-corrected chi connectivity index (χ3v) is 15.8. The van der Waals surface area contributed by atoms with Gasteiger partial charge < -0.3 is 13.6 Å². The summed E-state index contributed by atoms with van der Waals surface area (Å²) in [5, 5.41) is 0.315. The van der Waals surface area contributed by atoms with Gasteiger partial charge in [0.15, 0.2) is 0 Å². The monoisotopic (exact) mass is 464 g/mol. The van der Waals surface area contributed by atoms with Crippen LogP contribution >= 0.6 is 0 Å². The minimum absolute atomic E-state index is 0.158. The molecular weight excluding hydrogens is 416 g/mol. The van der Waals surface area contributed by atoms with Crippen LogP contribution in [-0.4, -0.2) is 22.9 Å². The molecule has 0 aliphatic heterocycles. The molecule has 3 nitrogen and oxygen atoms in total. The average molecular weight is 465 g/mol. The Morgan fingerprint density at radius 1 is 0.710 bits per heavy atom. The van der Waals surface area contributed by atoms with Gasteiger partial charge in [0.25, 0.3) is 0 Å². The third kappa shape index (κ3) is 9.13. The predicted octanol–water partition coefficient (Wildman–Crippen LogP) is 8.54. The molecule has 0 saturated heterocycles. The first-order valence-electron chi connectivity index (χ1n) is 12.0. The van der Waals surface area contributed by atoms with E-state index in [9.17, 15) is 4.79 Å². The Bertz CT molecular complexity index is 651. The fourth-order valence-electron chi connectivity index (χ4n) is 2.88. The SMILES string of the molecule is CC(C)(C)[Si](C)(C)Oc1cc(CCCCCCCC=O)cc(O[Si](C)(C)C(C)(C)C)c1. The number of aryl methyl sites for hydroxylation is 1. The summed E-state index contributed by atoms with van der Waals surface area (Å²) in [5.74, 6) is 1.92. The van der Waals surface area contributed by atoms with Crippen LogP contribution in [0.25, 0.3) is 0 Å². The summed E-state index contributed by atoms with van der Waals surface area (Å²) < 4.78 is 13.3. The van der Waals surface area contributed by atoms with E-state index in [1.54, 1.807) is 0 Å². The van der Waals surface area contributed by atoms with Crippen molar-refractivity contribution in [2.75, 3.05) is 0 Å². The van der Waals surface area contributed by atoms with Gasteiger partial charge in [0, 0.05) is 12.5 Å². The lowest BCUT2D eigenvalue weighted by atomic mass is 10.0. The number of hydrogen-bond acceptors (Lipinski definition) is 3. The highest BCUT2D eigenvalue weighted by atomic mass is 28.4. The molecule has 0 saturated carbocycles. The standard InChI is InChI=1S/C26H48O3Si2/c1-25(2,3)30(7,8)28-23-19-22(17-15-13-11-12-14-16-18-27)20-24(21-23)29-31(9,10)26(4,5)6/h18-21H,11-17H2,1-10H3.